The molecule has 92 valence electrons. The van der Waals surface area contributed by atoms with Gasteiger partial charge in [-0.15, -0.1) is 0 Å². The van der Waals surface area contributed by atoms with Gasteiger partial charge in [0, 0.05) is 28.7 Å². The van der Waals surface area contributed by atoms with Gasteiger partial charge in [0.05, 0.1) is 6.21 Å². The van der Waals surface area contributed by atoms with Crippen LogP contribution in [0.2, 0.25) is 0 Å². The number of H-pyrrole nitrogens is 1. The predicted octanol–water partition coefficient (Wildman–Crippen LogP) is 2.13. The molecule has 1 heterocycles. The van der Waals surface area contributed by atoms with Crippen molar-refractivity contribution >= 4 is 34.4 Å². The molecule has 1 aliphatic carbocycles. The fourth-order valence-corrected chi connectivity index (χ4v) is 2.03. The second-order valence-corrected chi connectivity index (χ2v) is 4.82. The number of hydrogen-bond donors (Lipinski definition) is 3. The number of nitrogens with zero attached hydrogens (tertiary/aromatic N) is 1. The third-order valence-electron chi connectivity index (χ3n) is 2.90. The van der Waals surface area contributed by atoms with E-state index in [4.69, 9.17) is 12.2 Å². The first-order chi connectivity index (χ1) is 8.83. The van der Waals surface area contributed by atoms with Crippen LogP contribution in [0.5, 0.6) is 0 Å². The van der Waals surface area contributed by atoms with Gasteiger partial charge in [-0.2, -0.15) is 5.10 Å². The van der Waals surface area contributed by atoms with Crippen molar-refractivity contribution in [2.75, 3.05) is 0 Å². The van der Waals surface area contributed by atoms with Gasteiger partial charge in [-0.05, 0) is 31.1 Å². The maximum absolute atomic E-state index is 5.12. The van der Waals surface area contributed by atoms with Gasteiger partial charge in [-0.3, -0.25) is 5.43 Å². The van der Waals surface area contributed by atoms with E-state index in [1.165, 1.54) is 12.8 Å². The van der Waals surface area contributed by atoms with Crippen LogP contribution < -0.4 is 10.7 Å². The van der Waals surface area contributed by atoms with E-state index in [1.807, 2.05) is 24.4 Å². The maximum atomic E-state index is 5.12. The predicted molar refractivity (Wildman–Crippen MR) is 77.8 cm³/mol. The van der Waals surface area contributed by atoms with E-state index in [9.17, 15) is 0 Å². The summed E-state index contributed by atoms with van der Waals surface area (Å²) in [7, 11) is 0. The lowest BCUT2D eigenvalue weighted by Crippen LogP contribution is -2.33. The first-order valence-electron chi connectivity index (χ1n) is 5.98. The summed E-state index contributed by atoms with van der Waals surface area (Å²) in [5.41, 5.74) is 4.99. The van der Waals surface area contributed by atoms with E-state index in [0.29, 0.717) is 11.2 Å². The Hall–Kier alpha value is -1.88. The zero-order chi connectivity index (χ0) is 12.4. The Morgan fingerprint density at radius 2 is 2.22 bits per heavy atom. The molecule has 0 radical (unpaired) electrons. The standard InChI is InChI=1S/C13H14N4S/c18-13(16-10-5-6-10)17-15-8-9-7-14-12-4-2-1-3-11(9)12/h1-4,7-8,10,14H,5-6H2,(H2,16,17,18)/b15-8-. The molecule has 0 saturated heterocycles. The molecular weight excluding hydrogens is 244 g/mol. The molecule has 0 unspecified atom stereocenters. The lowest BCUT2D eigenvalue weighted by atomic mass is 10.2. The van der Waals surface area contributed by atoms with Crippen molar-refractivity contribution in [3.8, 4) is 0 Å². The molecule has 3 rings (SSSR count). The summed E-state index contributed by atoms with van der Waals surface area (Å²) in [6.07, 6.45) is 6.12. The molecule has 0 bridgehead atoms. The zero-order valence-electron chi connectivity index (χ0n) is 9.81. The third-order valence-corrected chi connectivity index (χ3v) is 3.11. The Morgan fingerprint density at radius 1 is 1.39 bits per heavy atom. The van der Waals surface area contributed by atoms with E-state index in [1.54, 1.807) is 6.21 Å². The number of aromatic nitrogens is 1. The van der Waals surface area contributed by atoms with Gasteiger partial charge in [0.1, 0.15) is 0 Å². The van der Waals surface area contributed by atoms with E-state index >= 15 is 0 Å². The molecule has 1 aliphatic rings. The number of hydrogen-bond acceptors (Lipinski definition) is 2. The van der Waals surface area contributed by atoms with E-state index in [-0.39, 0.29) is 0 Å². The topological polar surface area (TPSA) is 52.2 Å². The lowest BCUT2D eigenvalue weighted by molar-refractivity contribution is 0.863. The molecule has 3 N–H and O–H groups in total. The summed E-state index contributed by atoms with van der Waals surface area (Å²) < 4.78 is 0. The number of benzene rings is 1. The molecule has 0 aliphatic heterocycles. The first kappa shape index (κ1) is 11.2. The highest BCUT2D eigenvalue weighted by Gasteiger charge is 2.21. The molecule has 5 heteroatoms. The zero-order valence-corrected chi connectivity index (χ0v) is 10.6. The minimum Gasteiger partial charge on any atom is -0.361 e. The minimum atomic E-state index is 0.549. The van der Waals surface area contributed by atoms with Gasteiger partial charge in [0.25, 0.3) is 0 Å². The molecular formula is C13H14N4S. The summed E-state index contributed by atoms with van der Waals surface area (Å²) in [6.45, 7) is 0. The Bertz CT molecular complexity index is 598. The summed E-state index contributed by atoms with van der Waals surface area (Å²) in [6, 6.07) is 8.67. The van der Waals surface area contributed by atoms with Gasteiger partial charge in [-0.1, -0.05) is 18.2 Å². The van der Waals surface area contributed by atoms with Crippen LogP contribution in [0.25, 0.3) is 10.9 Å². The van der Waals surface area contributed by atoms with Crippen molar-refractivity contribution in [3.05, 3.63) is 36.0 Å². The highest BCUT2D eigenvalue weighted by atomic mass is 32.1. The molecule has 1 fully saturated rings. The molecule has 1 saturated carbocycles. The number of para-hydroxylation sites is 1. The van der Waals surface area contributed by atoms with Gasteiger partial charge in [0.15, 0.2) is 5.11 Å². The van der Waals surface area contributed by atoms with Crippen LogP contribution in [-0.2, 0) is 0 Å². The average molecular weight is 258 g/mol. The second kappa shape index (κ2) is 4.78. The summed E-state index contributed by atoms with van der Waals surface area (Å²) >= 11 is 5.12. The number of rotatable bonds is 3. The Balaban J connectivity index is 1.66. The van der Waals surface area contributed by atoms with Crippen LogP contribution in [0.15, 0.2) is 35.6 Å². The molecule has 2 aromatic rings. The third kappa shape index (κ3) is 2.51. The molecule has 1 aromatic carbocycles. The first-order valence-corrected chi connectivity index (χ1v) is 6.39. The quantitative estimate of drug-likeness (QED) is 0.449. The Morgan fingerprint density at radius 3 is 3.06 bits per heavy atom. The number of fused-ring (bicyclic) bond motifs is 1. The van der Waals surface area contributed by atoms with Gasteiger partial charge in [0.2, 0.25) is 0 Å². The van der Waals surface area contributed by atoms with Crippen molar-refractivity contribution in [2.45, 2.75) is 18.9 Å². The highest BCUT2D eigenvalue weighted by Crippen LogP contribution is 2.18. The maximum Gasteiger partial charge on any atom is 0.187 e. The minimum absolute atomic E-state index is 0.549. The molecule has 1 aromatic heterocycles. The van der Waals surface area contributed by atoms with Crippen molar-refractivity contribution in [1.82, 2.24) is 15.7 Å². The number of nitrogens with one attached hydrogen (secondary N) is 3. The van der Waals surface area contributed by atoms with Crippen LogP contribution >= 0.6 is 12.2 Å². The monoisotopic (exact) mass is 258 g/mol. The fourth-order valence-electron chi connectivity index (χ4n) is 1.81. The molecule has 18 heavy (non-hydrogen) atoms. The molecule has 0 amide bonds. The molecule has 0 atom stereocenters. The second-order valence-electron chi connectivity index (χ2n) is 4.41. The van der Waals surface area contributed by atoms with Crippen LogP contribution in [0.1, 0.15) is 18.4 Å². The van der Waals surface area contributed by atoms with Crippen molar-refractivity contribution in [1.29, 1.82) is 0 Å². The Kier molecular flexibility index (Phi) is 2.98. The lowest BCUT2D eigenvalue weighted by Gasteiger charge is -2.03. The van der Waals surface area contributed by atoms with Crippen molar-refractivity contribution < 1.29 is 0 Å². The summed E-state index contributed by atoms with van der Waals surface area (Å²) in [5.74, 6) is 0. The van der Waals surface area contributed by atoms with Crippen LogP contribution in [0, 0.1) is 0 Å². The van der Waals surface area contributed by atoms with Crippen molar-refractivity contribution in [3.63, 3.8) is 0 Å². The molecule has 4 nitrogen and oxygen atoms in total. The average Bonchev–Trinajstić information content (AvgIpc) is 3.09. The largest absolute Gasteiger partial charge is 0.361 e. The summed E-state index contributed by atoms with van der Waals surface area (Å²) in [4.78, 5) is 3.20. The number of hydrazone groups is 1. The van der Waals surface area contributed by atoms with Crippen LogP contribution in [-0.4, -0.2) is 22.4 Å². The van der Waals surface area contributed by atoms with E-state index in [0.717, 1.165) is 16.5 Å². The van der Waals surface area contributed by atoms with E-state index in [2.05, 4.69) is 26.9 Å². The number of aromatic amines is 1. The highest BCUT2D eigenvalue weighted by molar-refractivity contribution is 7.80. The number of thiocarbonyl (C=S) groups is 1. The normalized spacial score (nSPS) is 15.1. The van der Waals surface area contributed by atoms with Crippen LogP contribution in [0.4, 0.5) is 0 Å². The molecule has 0 spiro atoms. The van der Waals surface area contributed by atoms with E-state index < -0.39 is 0 Å². The smallest absolute Gasteiger partial charge is 0.187 e. The van der Waals surface area contributed by atoms with Crippen molar-refractivity contribution in [2.24, 2.45) is 5.10 Å². The van der Waals surface area contributed by atoms with Gasteiger partial charge in [-0.25, -0.2) is 0 Å². The van der Waals surface area contributed by atoms with Gasteiger partial charge >= 0.3 is 0 Å². The SMILES string of the molecule is S=C(N/N=C\c1c[nH]c2ccccc12)NC1CC1. The van der Waals surface area contributed by atoms with Gasteiger partial charge < -0.3 is 10.3 Å². The Labute approximate surface area is 110 Å². The van der Waals surface area contributed by atoms with Crippen LogP contribution in [0.3, 0.4) is 0 Å². The fraction of sp³-hybridized carbons (Fsp3) is 0.231. The summed E-state index contributed by atoms with van der Waals surface area (Å²) in [5, 5.41) is 9.06.